The third-order valence-corrected chi connectivity index (χ3v) is 10.9. The second-order valence-electron chi connectivity index (χ2n) is 20.1. The second-order valence-corrected chi connectivity index (χ2v) is 20.5. The molecule has 0 bridgehead atoms. The lowest BCUT2D eigenvalue weighted by atomic mass is 10.0. The number of halogens is 4. The summed E-state index contributed by atoms with van der Waals surface area (Å²) in [5.41, 5.74) is 9.42. The number of allylic oxidation sites excluding steroid dienone is 5. The van der Waals surface area contributed by atoms with Gasteiger partial charge in [-0.2, -0.15) is 18.4 Å². The zero-order chi connectivity index (χ0) is 61.8. The first-order valence-corrected chi connectivity index (χ1v) is 27.1. The van der Waals surface area contributed by atoms with E-state index < -0.39 is 30.1 Å². The van der Waals surface area contributed by atoms with Crippen LogP contribution >= 0.6 is 12.2 Å². The number of para-hydroxylation sites is 3. The quantitative estimate of drug-likeness (QED) is 0.0384. The number of hydrogen-bond donors (Lipinski definition) is 5. The van der Waals surface area contributed by atoms with Crippen molar-refractivity contribution in [2.45, 2.75) is 133 Å². The van der Waals surface area contributed by atoms with Crippen LogP contribution in [-0.2, 0) is 23.9 Å². The Labute approximate surface area is 491 Å². The summed E-state index contributed by atoms with van der Waals surface area (Å²) in [5, 5.41) is 44.4. The number of nitrogens with one attached hydrogen (secondary N) is 2. The highest BCUT2D eigenvalue weighted by Gasteiger charge is 2.30. The average Bonchev–Trinajstić information content (AvgIpc) is 3.43. The monoisotopic (exact) mass is 1150 g/mol. The minimum Gasteiger partial charge on any atom is -0.496 e. The molecule has 0 radical (unpaired) electrons. The number of nitrogens with zero attached hydrogens (tertiary/aromatic N) is 1. The normalized spacial score (nSPS) is 11.2. The van der Waals surface area contributed by atoms with Crippen LogP contribution in [0, 0.1) is 17.1 Å². The fraction of sp³-hybridized carbons (Fsp3) is 0.324. The van der Waals surface area contributed by atoms with Gasteiger partial charge >= 0.3 is 6.18 Å². The number of thiocarbonyl (C=S) groups is 1. The number of aliphatic hydroxyl groups excluding tert-OH is 3. The highest BCUT2D eigenvalue weighted by Crippen LogP contribution is 2.31. The summed E-state index contributed by atoms with van der Waals surface area (Å²) >= 11 is 5.14. The largest absolute Gasteiger partial charge is 0.496 e. The molecule has 82 heavy (non-hydrogen) atoms. The van der Waals surface area contributed by atoms with Crippen molar-refractivity contribution in [3.8, 4) is 17.6 Å². The van der Waals surface area contributed by atoms with E-state index in [1.807, 2.05) is 122 Å². The number of rotatable bonds is 15. The molecule has 0 aliphatic heterocycles. The van der Waals surface area contributed by atoms with Gasteiger partial charge in [-0.15, -0.1) is 0 Å². The molecule has 0 heterocycles. The molecular weight excluding hydrogens is 1060 g/mol. The first kappa shape index (κ1) is 72.6. The van der Waals surface area contributed by atoms with Gasteiger partial charge in [-0.05, 0) is 179 Å². The maximum atomic E-state index is 12.5. The molecule has 5 N–H and O–H groups in total. The van der Waals surface area contributed by atoms with Gasteiger partial charge < -0.3 is 40.2 Å². The zero-order valence-electron chi connectivity index (χ0n) is 50.0. The van der Waals surface area contributed by atoms with Crippen molar-refractivity contribution in [2.75, 3.05) is 19.5 Å². The summed E-state index contributed by atoms with van der Waals surface area (Å²) in [7, 11) is 3.24. The maximum absolute atomic E-state index is 12.5. The number of alkyl halides is 3. The number of methoxy groups -OCH3 is 2. The van der Waals surface area contributed by atoms with Crippen molar-refractivity contribution in [2.24, 2.45) is 0 Å². The summed E-state index contributed by atoms with van der Waals surface area (Å²) in [6.07, 6.45) is 2.00. The summed E-state index contributed by atoms with van der Waals surface area (Å²) < 4.78 is 65.5. The molecule has 0 amide bonds. The van der Waals surface area contributed by atoms with E-state index in [1.165, 1.54) is 41.5 Å². The lowest BCUT2D eigenvalue weighted by Gasteiger charge is -2.14. The number of nitriles is 1. The third kappa shape index (κ3) is 32.8. The van der Waals surface area contributed by atoms with Gasteiger partial charge in [0, 0.05) is 11.6 Å². The standard InChI is InChI=1S/C12H13F3O.C12H16O2.C11H13FO.C11H16N2OS.C11H13NO.C11H14/c1-8(2)6-11(16)9-4-3-5-10(7-9)12(13,14)15;1-9(2)8-11(13)10-6-4-5-7-12(10)14-3;1-8(2)7-11(13)9-3-5-10(12)6-4-9;1-8(2)12-11(15)13-9-6-4-5-7-10(9)14-3;1-9(2)13-8-11-5-3-10(7-12)4-6-11;1-10(2)8-9-11-6-4-3-5-7-11/h3-7,11,16H,1-2H3;4-8,11,13H,1-3H3;3-7,11,13H,1-2H3;4-8H,1-3H3,(H2,12,13,15);3-6,9H,8H2,1-2H3;3-8H,9H2,1-2H3. The van der Waals surface area contributed by atoms with E-state index in [0.717, 1.165) is 63.6 Å². The van der Waals surface area contributed by atoms with Crippen LogP contribution in [0.2, 0.25) is 0 Å². The molecule has 0 saturated heterocycles. The fourth-order valence-corrected chi connectivity index (χ4v) is 7.09. The van der Waals surface area contributed by atoms with Gasteiger partial charge in [0.1, 0.15) is 23.4 Å². The van der Waals surface area contributed by atoms with E-state index in [1.54, 1.807) is 64.5 Å². The molecule has 14 heteroatoms. The SMILES string of the molecule is CC(C)=CC(O)c1ccc(F)cc1.CC(C)=CC(O)c1cccc(C(F)(F)F)c1.CC(C)=CCc1ccccc1.CC(C)OCc1ccc(C#N)cc1.COc1ccccc1C(O)C=C(C)C.COc1ccccc1NC(=S)NC(C)C. The molecule has 0 aliphatic rings. The predicted molar refractivity (Wildman–Crippen MR) is 332 cm³/mol. The fourth-order valence-electron chi connectivity index (χ4n) is 6.74. The third-order valence-electron chi connectivity index (χ3n) is 10.7. The number of hydrogen-bond acceptors (Lipinski definition) is 8. The number of aliphatic hydroxyl groups is 3. The molecule has 6 rings (SSSR count). The first-order valence-electron chi connectivity index (χ1n) is 26.7. The highest BCUT2D eigenvalue weighted by molar-refractivity contribution is 7.80. The Morgan fingerprint density at radius 3 is 1.61 bits per heavy atom. The average molecular weight is 1150 g/mol. The molecule has 0 aromatic heterocycles. The van der Waals surface area contributed by atoms with Crippen LogP contribution in [0.1, 0.15) is 140 Å². The van der Waals surface area contributed by atoms with Crippen molar-refractivity contribution >= 4 is 23.0 Å². The molecule has 442 valence electrons. The van der Waals surface area contributed by atoms with Crippen molar-refractivity contribution < 1.29 is 47.1 Å². The van der Waals surface area contributed by atoms with Crippen LogP contribution in [0.25, 0.3) is 0 Å². The van der Waals surface area contributed by atoms with Crippen LogP contribution in [-0.4, -0.2) is 46.8 Å². The van der Waals surface area contributed by atoms with Crippen molar-refractivity contribution in [3.63, 3.8) is 0 Å². The molecule has 3 unspecified atom stereocenters. The maximum Gasteiger partial charge on any atom is 0.416 e. The number of ether oxygens (including phenoxy) is 3. The van der Waals surface area contributed by atoms with Gasteiger partial charge in [0.25, 0.3) is 0 Å². The van der Waals surface area contributed by atoms with E-state index >= 15 is 0 Å². The summed E-state index contributed by atoms with van der Waals surface area (Å²) in [6, 6.07) is 46.1. The lowest BCUT2D eigenvalue weighted by Crippen LogP contribution is -2.33. The van der Waals surface area contributed by atoms with Crippen LogP contribution in [0.15, 0.2) is 198 Å². The summed E-state index contributed by atoms with van der Waals surface area (Å²) in [5.74, 6) is 1.22. The van der Waals surface area contributed by atoms with E-state index in [0.29, 0.717) is 28.9 Å². The molecule has 3 atom stereocenters. The number of anilines is 1. The molecule has 0 saturated carbocycles. The first-order chi connectivity index (χ1) is 38.7. The number of benzene rings is 6. The topological polar surface area (TPSA) is 136 Å². The van der Waals surface area contributed by atoms with Gasteiger partial charge in [0.05, 0.1) is 62.0 Å². The van der Waals surface area contributed by atoms with Crippen molar-refractivity contribution in [1.29, 1.82) is 5.26 Å². The highest BCUT2D eigenvalue weighted by atomic mass is 32.1. The van der Waals surface area contributed by atoms with E-state index in [2.05, 4.69) is 60.9 Å². The summed E-state index contributed by atoms with van der Waals surface area (Å²) in [6.45, 7) is 24.2. The van der Waals surface area contributed by atoms with E-state index in [9.17, 15) is 32.9 Å². The molecule has 9 nitrogen and oxygen atoms in total. The van der Waals surface area contributed by atoms with Crippen LogP contribution in [0.3, 0.4) is 0 Å². The Morgan fingerprint density at radius 2 is 1.11 bits per heavy atom. The van der Waals surface area contributed by atoms with Crippen LogP contribution in [0.5, 0.6) is 11.5 Å². The molecular formula is C68H85F4N3O6S. The van der Waals surface area contributed by atoms with Crippen LogP contribution in [0.4, 0.5) is 23.2 Å². The summed E-state index contributed by atoms with van der Waals surface area (Å²) in [4.78, 5) is 0. The Bertz CT molecular complexity index is 2920. The lowest BCUT2D eigenvalue weighted by molar-refractivity contribution is -0.137. The molecule has 0 spiro atoms. The van der Waals surface area contributed by atoms with E-state index in [-0.39, 0.29) is 17.5 Å². The van der Waals surface area contributed by atoms with E-state index in [4.69, 9.17) is 31.7 Å². The van der Waals surface area contributed by atoms with Gasteiger partial charge in [-0.3, -0.25) is 0 Å². The minimum absolute atomic E-state index is 0.246. The molecule has 0 aliphatic carbocycles. The van der Waals surface area contributed by atoms with Gasteiger partial charge in [0.15, 0.2) is 5.11 Å². The van der Waals surface area contributed by atoms with Gasteiger partial charge in [-0.25, -0.2) is 4.39 Å². The predicted octanol–water partition coefficient (Wildman–Crippen LogP) is 17.3. The smallest absolute Gasteiger partial charge is 0.416 e. The minimum atomic E-state index is -4.37. The van der Waals surface area contributed by atoms with Crippen molar-refractivity contribution in [3.05, 3.63) is 243 Å². The Hall–Kier alpha value is -7.38. The molecule has 6 aromatic carbocycles. The van der Waals surface area contributed by atoms with Gasteiger partial charge in [0.2, 0.25) is 0 Å². The second kappa shape index (κ2) is 39.9. The van der Waals surface area contributed by atoms with Crippen LogP contribution < -0.4 is 20.1 Å². The zero-order valence-corrected chi connectivity index (χ0v) is 50.8. The molecule has 0 fully saturated rings. The van der Waals surface area contributed by atoms with Gasteiger partial charge in [-0.1, -0.05) is 144 Å². The Kier molecular flexibility index (Phi) is 35.4. The Morgan fingerprint density at radius 1 is 0.598 bits per heavy atom. The Balaban J connectivity index is 0.000000494. The van der Waals surface area contributed by atoms with Crippen molar-refractivity contribution in [1.82, 2.24) is 5.32 Å². The molecule has 6 aromatic rings.